The van der Waals surface area contributed by atoms with E-state index in [0.717, 1.165) is 45.1 Å². The van der Waals surface area contributed by atoms with Crippen LogP contribution in [0.15, 0.2) is 30.9 Å². The highest BCUT2D eigenvalue weighted by Crippen LogP contribution is 2.25. The molecular formula is C15H21N7O. The van der Waals surface area contributed by atoms with Crippen LogP contribution in [-0.2, 0) is 4.74 Å². The van der Waals surface area contributed by atoms with E-state index in [9.17, 15) is 0 Å². The second kappa shape index (κ2) is 7.70. The summed E-state index contributed by atoms with van der Waals surface area (Å²) in [7, 11) is 0. The SMILES string of the molecule is Nc1c(NCCN2CCOCC2)ncnc1Nc1cccnc1. The molecule has 0 atom stereocenters. The number of hydrogen-bond donors (Lipinski definition) is 3. The van der Waals surface area contributed by atoms with Crippen molar-refractivity contribution in [3.63, 3.8) is 0 Å². The van der Waals surface area contributed by atoms with Crippen LogP contribution in [0.1, 0.15) is 0 Å². The second-order valence-corrected chi connectivity index (χ2v) is 5.23. The van der Waals surface area contributed by atoms with E-state index in [1.165, 1.54) is 6.33 Å². The highest BCUT2D eigenvalue weighted by atomic mass is 16.5. The van der Waals surface area contributed by atoms with Gasteiger partial charge in [0.05, 0.1) is 25.1 Å². The largest absolute Gasteiger partial charge is 0.393 e. The highest BCUT2D eigenvalue weighted by Gasteiger charge is 2.11. The predicted octanol–water partition coefficient (Wildman–Crippen LogP) is 0.941. The van der Waals surface area contributed by atoms with Gasteiger partial charge in [0.1, 0.15) is 12.0 Å². The van der Waals surface area contributed by atoms with Crippen molar-refractivity contribution in [1.29, 1.82) is 0 Å². The van der Waals surface area contributed by atoms with Crippen molar-refractivity contribution in [2.45, 2.75) is 0 Å². The first-order chi connectivity index (χ1) is 11.3. The normalized spacial score (nSPS) is 15.3. The van der Waals surface area contributed by atoms with Gasteiger partial charge in [0.25, 0.3) is 0 Å². The van der Waals surface area contributed by atoms with E-state index in [-0.39, 0.29) is 0 Å². The summed E-state index contributed by atoms with van der Waals surface area (Å²) in [5, 5.41) is 6.42. The number of morpholine rings is 1. The Balaban J connectivity index is 1.58. The van der Waals surface area contributed by atoms with Crippen LogP contribution in [0, 0.1) is 0 Å². The summed E-state index contributed by atoms with van der Waals surface area (Å²) >= 11 is 0. The van der Waals surface area contributed by atoms with Crippen LogP contribution in [0.5, 0.6) is 0 Å². The molecule has 2 aromatic rings. The molecule has 2 aromatic heterocycles. The minimum atomic E-state index is 0.498. The Hall–Kier alpha value is -2.45. The number of pyridine rings is 1. The van der Waals surface area contributed by atoms with Crippen LogP contribution in [-0.4, -0.2) is 59.2 Å². The van der Waals surface area contributed by atoms with Crippen molar-refractivity contribution in [3.8, 4) is 0 Å². The van der Waals surface area contributed by atoms with E-state index >= 15 is 0 Å². The van der Waals surface area contributed by atoms with Gasteiger partial charge in [-0.3, -0.25) is 9.88 Å². The number of nitrogens with two attached hydrogens (primary N) is 1. The lowest BCUT2D eigenvalue weighted by Gasteiger charge is -2.26. The van der Waals surface area contributed by atoms with Crippen molar-refractivity contribution in [2.24, 2.45) is 0 Å². The Labute approximate surface area is 135 Å². The van der Waals surface area contributed by atoms with Crippen LogP contribution in [0.4, 0.5) is 23.0 Å². The van der Waals surface area contributed by atoms with Gasteiger partial charge in [-0.2, -0.15) is 0 Å². The summed E-state index contributed by atoms with van der Waals surface area (Å²) < 4.78 is 5.34. The number of ether oxygens (including phenoxy) is 1. The lowest BCUT2D eigenvalue weighted by Crippen LogP contribution is -2.39. The first kappa shape index (κ1) is 15.4. The molecule has 0 aromatic carbocycles. The summed E-state index contributed by atoms with van der Waals surface area (Å²) in [5.74, 6) is 1.21. The van der Waals surface area contributed by atoms with Crippen molar-refractivity contribution >= 4 is 23.0 Å². The van der Waals surface area contributed by atoms with E-state index in [2.05, 4.69) is 30.5 Å². The molecule has 1 fully saturated rings. The van der Waals surface area contributed by atoms with Crippen molar-refractivity contribution in [2.75, 3.05) is 55.8 Å². The van der Waals surface area contributed by atoms with Gasteiger partial charge in [-0.1, -0.05) is 0 Å². The number of rotatable bonds is 6. The second-order valence-electron chi connectivity index (χ2n) is 5.23. The smallest absolute Gasteiger partial charge is 0.159 e. The molecule has 3 heterocycles. The van der Waals surface area contributed by atoms with Gasteiger partial charge < -0.3 is 21.1 Å². The number of nitrogen functional groups attached to an aromatic ring is 1. The Morgan fingerprint density at radius 3 is 2.83 bits per heavy atom. The average Bonchev–Trinajstić information content (AvgIpc) is 2.60. The monoisotopic (exact) mass is 315 g/mol. The molecule has 1 aliphatic rings. The molecule has 0 bridgehead atoms. The van der Waals surface area contributed by atoms with Crippen LogP contribution >= 0.6 is 0 Å². The summed E-state index contributed by atoms with van der Waals surface area (Å²) in [6.45, 7) is 5.23. The Kier molecular flexibility index (Phi) is 5.17. The van der Waals surface area contributed by atoms with Gasteiger partial charge in [0.15, 0.2) is 11.6 Å². The van der Waals surface area contributed by atoms with E-state index in [0.29, 0.717) is 17.3 Å². The summed E-state index contributed by atoms with van der Waals surface area (Å²) in [6, 6.07) is 3.75. The maximum absolute atomic E-state index is 6.15. The first-order valence-corrected chi connectivity index (χ1v) is 7.64. The van der Waals surface area contributed by atoms with Gasteiger partial charge >= 0.3 is 0 Å². The van der Waals surface area contributed by atoms with E-state index in [4.69, 9.17) is 10.5 Å². The lowest BCUT2D eigenvalue weighted by atomic mass is 10.3. The number of nitrogens with one attached hydrogen (secondary N) is 2. The van der Waals surface area contributed by atoms with E-state index in [1.54, 1.807) is 12.4 Å². The molecule has 8 nitrogen and oxygen atoms in total. The van der Waals surface area contributed by atoms with Gasteiger partial charge in [-0.15, -0.1) is 0 Å². The molecule has 0 unspecified atom stereocenters. The molecule has 0 amide bonds. The van der Waals surface area contributed by atoms with Crippen molar-refractivity contribution < 1.29 is 4.74 Å². The molecule has 4 N–H and O–H groups in total. The summed E-state index contributed by atoms with van der Waals surface area (Å²) in [5.41, 5.74) is 7.48. The Morgan fingerprint density at radius 1 is 1.22 bits per heavy atom. The van der Waals surface area contributed by atoms with E-state index < -0.39 is 0 Å². The van der Waals surface area contributed by atoms with Crippen molar-refractivity contribution in [1.82, 2.24) is 19.9 Å². The van der Waals surface area contributed by atoms with Gasteiger partial charge in [0, 0.05) is 32.4 Å². The Morgan fingerprint density at radius 2 is 2.04 bits per heavy atom. The number of hydrogen-bond acceptors (Lipinski definition) is 8. The van der Waals surface area contributed by atoms with Gasteiger partial charge in [-0.25, -0.2) is 9.97 Å². The molecule has 8 heteroatoms. The van der Waals surface area contributed by atoms with Crippen LogP contribution < -0.4 is 16.4 Å². The maximum Gasteiger partial charge on any atom is 0.159 e. The molecule has 0 spiro atoms. The zero-order chi connectivity index (χ0) is 15.9. The maximum atomic E-state index is 6.15. The molecular weight excluding hydrogens is 294 g/mol. The zero-order valence-electron chi connectivity index (χ0n) is 12.9. The molecule has 3 rings (SSSR count). The number of nitrogens with zero attached hydrogens (tertiary/aromatic N) is 4. The zero-order valence-corrected chi connectivity index (χ0v) is 12.9. The highest BCUT2D eigenvalue weighted by molar-refractivity contribution is 5.77. The van der Waals surface area contributed by atoms with Gasteiger partial charge in [0.2, 0.25) is 0 Å². The molecule has 1 saturated heterocycles. The summed E-state index contributed by atoms with van der Waals surface area (Å²) in [6.07, 6.45) is 4.92. The van der Waals surface area contributed by atoms with Crippen LogP contribution in [0.2, 0.25) is 0 Å². The topological polar surface area (TPSA) is 101 Å². The minimum absolute atomic E-state index is 0.498. The molecule has 0 radical (unpaired) electrons. The Bertz CT molecular complexity index is 616. The molecule has 0 saturated carbocycles. The third kappa shape index (κ3) is 4.27. The number of anilines is 4. The number of aromatic nitrogens is 3. The third-order valence-corrected chi connectivity index (χ3v) is 3.63. The quantitative estimate of drug-likeness (QED) is 0.724. The van der Waals surface area contributed by atoms with E-state index in [1.807, 2.05) is 12.1 Å². The lowest BCUT2D eigenvalue weighted by molar-refractivity contribution is 0.0398. The fourth-order valence-corrected chi connectivity index (χ4v) is 2.37. The predicted molar refractivity (Wildman–Crippen MR) is 89.7 cm³/mol. The molecule has 1 aliphatic heterocycles. The molecule has 23 heavy (non-hydrogen) atoms. The summed E-state index contributed by atoms with van der Waals surface area (Å²) in [4.78, 5) is 14.8. The third-order valence-electron chi connectivity index (χ3n) is 3.63. The van der Waals surface area contributed by atoms with Gasteiger partial charge in [-0.05, 0) is 12.1 Å². The molecule has 0 aliphatic carbocycles. The van der Waals surface area contributed by atoms with Crippen molar-refractivity contribution in [3.05, 3.63) is 30.9 Å². The first-order valence-electron chi connectivity index (χ1n) is 7.64. The minimum Gasteiger partial charge on any atom is -0.393 e. The van der Waals surface area contributed by atoms with Crippen LogP contribution in [0.3, 0.4) is 0 Å². The molecule has 122 valence electrons. The average molecular weight is 315 g/mol. The van der Waals surface area contributed by atoms with Crippen LogP contribution in [0.25, 0.3) is 0 Å². The fourth-order valence-electron chi connectivity index (χ4n) is 2.37. The fraction of sp³-hybridized carbons (Fsp3) is 0.400. The standard InChI is InChI=1S/C15H21N7O/c16-13-14(18-4-5-22-6-8-23-9-7-22)19-11-20-15(13)21-12-2-1-3-17-10-12/h1-3,10-11H,4-9,16H2,(H2,18,19,20,21).